The number of rotatable bonds is 4. The lowest BCUT2D eigenvalue weighted by molar-refractivity contribution is 0.0528. The number of aryl methyl sites for hydroxylation is 2. The van der Waals surface area contributed by atoms with Crippen molar-refractivity contribution in [3.63, 3.8) is 0 Å². The molecule has 112 valence electrons. The monoisotopic (exact) mass is 308 g/mol. The lowest BCUT2D eigenvalue weighted by Gasteiger charge is -2.05. The quantitative estimate of drug-likeness (QED) is 0.839. The first-order chi connectivity index (χ1) is 9.92. The van der Waals surface area contributed by atoms with Crippen LogP contribution in [0.4, 0.5) is 10.7 Å². The van der Waals surface area contributed by atoms with E-state index < -0.39 is 11.9 Å². The molecule has 0 aliphatic carbocycles. The number of aromatic nitrogens is 2. The number of ether oxygens (including phenoxy) is 1. The van der Waals surface area contributed by atoms with Crippen LogP contribution < -0.4 is 11.1 Å². The van der Waals surface area contributed by atoms with Crippen LogP contribution in [0.5, 0.6) is 0 Å². The highest BCUT2D eigenvalue weighted by molar-refractivity contribution is 7.16. The Balaban J connectivity index is 2.25. The van der Waals surface area contributed by atoms with Crippen molar-refractivity contribution in [1.29, 1.82) is 0 Å². The van der Waals surface area contributed by atoms with E-state index in [0.717, 1.165) is 4.88 Å². The normalized spacial score (nSPS) is 10.4. The number of anilines is 2. The number of thiophene rings is 1. The van der Waals surface area contributed by atoms with E-state index >= 15 is 0 Å². The summed E-state index contributed by atoms with van der Waals surface area (Å²) >= 11 is 1.30. The van der Waals surface area contributed by atoms with E-state index in [9.17, 15) is 9.59 Å². The maximum atomic E-state index is 12.2. The summed E-state index contributed by atoms with van der Waals surface area (Å²) in [5.74, 6) is -0.924. The van der Waals surface area contributed by atoms with Crippen LogP contribution in [0.1, 0.15) is 32.6 Å². The summed E-state index contributed by atoms with van der Waals surface area (Å²) in [4.78, 5) is 24.9. The van der Waals surface area contributed by atoms with Crippen LogP contribution in [0, 0.1) is 6.92 Å². The molecule has 0 unspecified atom stereocenters. The van der Waals surface area contributed by atoms with Crippen LogP contribution in [-0.4, -0.2) is 28.3 Å². The van der Waals surface area contributed by atoms with Gasteiger partial charge in [-0.25, -0.2) is 4.79 Å². The van der Waals surface area contributed by atoms with Gasteiger partial charge in [0.15, 0.2) is 5.69 Å². The highest BCUT2D eigenvalue weighted by Gasteiger charge is 2.20. The minimum atomic E-state index is -0.467. The van der Waals surface area contributed by atoms with Gasteiger partial charge in [-0.1, -0.05) is 0 Å². The van der Waals surface area contributed by atoms with Gasteiger partial charge in [-0.3, -0.25) is 9.48 Å². The molecule has 0 radical (unpaired) electrons. The van der Waals surface area contributed by atoms with Crippen LogP contribution in [0.3, 0.4) is 0 Å². The van der Waals surface area contributed by atoms with E-state index in [1.807, 2.05) is 6.92 Å². The number of nitrogens with zero attached hydrogens (tertiary/aromatic N) is 2. The summed E-state index contributed by atoms with van der Waals surface area (Å²) in [6, 6.07) is 1.68. The van der Waals surface area contributed by atoms with Crippen molar-refractivity contribution in [3.05, 3.63) is 28.4 Å². The van der Waals surface area contributed by atoms with Gasteiger partial charge in [-0.15, -0.1) is 11.3 Å². The van der Waals surface area contributed by atoms with Gasteiger partial charge in [0.2, 0.25) is 0 Å². The van der Waals surface area contributed by atoms with Gasteiger partial charge in [0.25, 0.3) is 5.91 Å². The van der Waals surface area contributed by atoms with Gasteiger partial charge in [0.1, 0.15) is 5.00 Å². The van der Waals surface area contributed by atoms with Gasteiger partial charge in [-0.05, 0) is 19.9 Å². The Morgan fingerprint density at radius 1 is 1.52 bits per heavy atom. The largest absolute Gasteiger partial charge is 0.462 e. The molecule has 3 N–H and O–H groups in total. The van der Waals surface area contributed by atoms with E-state index in [4.69, 9.17) is 10.5 Å². The zero-order valence-corrected chi connectivity index (χ0v) is 12.8. The van der Waals surface area contributed by atoms with Crippen LogP contribution >= 0.6 is 11.3 Å². The molecule has 2 rings (SSSR count). The summed E-state index contributed by atoms with van der Waals surface area (Å²) in [6.07, 6.45) is 1.54. The Morgan fingerprint density at radius 2 is 2.24 bits per heavy atom. The molecule has 2 heterocycles. The van der Waals surface area contributed by atoms with E-state index in [0.29, 0.717) is 10.6 Å². The lowest BCUT2D eigenvalue weighted by Crippen LogP contribution is -2.16. The zero-order valence-electron chi connectivity index (χ0n) is 12.0. The topological polar surface area (TPSA) is 99.2 Å². The van der Waals surface area contributed by atoms with Crippen LogP contribution in [0.25, 0.3) is 0 Å². The number of carbonyl (C=O) groups is 2. The molecule has 2 aromatic heterocycles. The zero-order chi connectivity index (χ0) is 15.6. The Hall–Kier alpha value is -2.35. The second kappa shape index (κ2) is 5.96. The van der Waals surface area contributed by atoms with Crippen molar-refractivity contribution >= 4 is 33.9 Å². The fraction of sp³-hybridized carbons (Fsp3) is 0.308. The molecule has 0 bridgehead atoms. The van der Waals surface area contributed by atoms with Crippen molar-refractivity contribution in [2.24, 2.45) is 7.05 Å². The Bertz CT molecular complexity index is 690. The van der Waals surface area contributed by atoms with Crippen molar-refractivity contribution < 1.29 is 14.3 Å². The molecular weight excluding hydrogens is 292 g/mol. The second-order valence-corrected chi connectivity index (χ2v) is 5.64. The number of carbonyl (C=O) groups excluding carboxylic acids is 2. The number of nitrogen functional groups attached to an aromatic ring is 1. The second-order valence-electron chi connectivity index (χ2n) is 4.38. The maximum absolute atomic E-state index is 12.2. The SMILES string of the molecule is CCOC(=O)c1cc(C)sc1NC(=O)c1nn(C)cc1N. The molecule has 0 atom stereocenters. The van der Waals surface area contributed by atoms with E-state index in [-0.39, 0.29) is 18.0 Å². The number of nitrogens with one attached hydrogen (secondary N) is 1. The summed E-state index contributed by atoms with van der Waals surface area (Å²) in [7, 11) is 1.67. The molecular formula is C13H16N4O3S. The smallest absolute Gasteiger partial charge is 0.341 e. The van der Waals surface area contributed by atoms with Crippen LogP contribution in [0.15, 0.2) is 12.3 Å². The first-order valence-corrected chi connectivity index (χ1v) is 7.12. The summed E-state index contributed by atoms with van der Waals surface area (Å²) in [5, 5.41) is 7.09. The molecule has 0 fully saturated rings. The molecule has 0 saturated heterocycles. The van der Waals surface area contributed by atoms with E-state index in [2.05, 4.69) is 10.4 Å². The van der Waals surface area contributed by atoms with Crippen molar-refractivity contribution in [2.45, 2.75) is 13.8 Å². The molecule has 0 saturated carbocycles. The van der Waals surface area contributed by atoms with Crippen molar-refractivity contribution in [1.82, 2.24) is 9.78 Å². The average Bonchev–Trinajstić information content (AvgIpc) is 2.92. The Kier molecular flexibility index (Phi) is 4.27. The predicted molar refractivity (Wildman–Crippen MR) is 80.6 cm³/mol. The number of amides is 1. The fourth-order valence-electron chi connectivity index (χ4n) is 1.81. The number of esters is 1. The van der Waals surface area contributed by atoms with Crippen LogP contribution in [-0.2, 0) is 11.8 Å². The molecule has 0 aliphatic heterocycles. The van der Waals surface area contributed by atoms with E-state index in [1.54, 1.807) is 26.2 Å². The van der Waals surface area contributed by atoms with Crippen LogP contribution in [0.2, 0.25) is 0 Å². The molecule has 2 aromatic rings. The third-order valence-corrected chi connectivity index (χ3v) is 3.62. The first kappa shape index (κ1) is 15.0. The van der Waals surface area contributed by atoms with Gasteiger partial charge >= 0.3 is 5.97 Å². The molecule has 0 aromatic carbocycles. The molecule has 0 aliphatic rings. The molecule has 7 nitrogen and oxygen atoms in total. The first-order valence-electron chi connectivity index (χ1n) is 6.30. The number of hydrogen-bond acceptors (Lipinski definition) is 6. The van der Waals surface area contributed by atoms with Gasteiger partial charge in [0, 0.05) is 18.1 Å². The van der Waals surface area contributed by atoms with Gasteiger partial charge < -0.3 is 15.8 Å². The highest BCUT2D eigenvalue weighted by atomic mass is 32.1. The third kappa shape index (κ3) is 3.22. The molecule has 0 spiro atoms. The van der Waals surface area contributed by atoms with Crippen molar-refractivity contribution in [2.75, 3.05) is 17.7 Å². The highest BCUT2D eigenvalue weighted by Crippen LogP contribution is 2.29. The predicted octanol–water partition coefficient (Wildman–Crippen LogP) is 1.80. The Morgan fingerprint density at radius 3 is 2.81 bits per heavy atom. The minimum Gasteiger partial charge on any atom is -0.462 e. The molecule has 1 amide bonds. The summed E-state index contributed by atoms with van der Waals surface area (Å²) in [5.41, 5.74) is 6.45. The van der Waals surface area contributed by atoms with Gasteiger partial charge in [0.05, 0.1) is 17.9 Å². The third-order valence-electron chi connectivity index (χ3n) is 2.65. The summed E-state index contributed by atoms with van der Waals surface area (Å²) in [6.45, 7) is 3.84. The molecule has 8 heteroatoms. The standard InChI is InChI=1S/C13H16N4O3S/c1-4-20-13(19)8-5-7(2)21-12(8)15-11(18)10-9(14)6-17(3)16-10/h5-6H,4,14H2,1-3H3,(H,15,18). The number of hydrogen-bond donors (Lipinski definition) is 2. The average molecular weight is 308 g/mol. The molecule has 21 heavy (non-hydrogen) atoms. The fourth-order valence-corrected chi connectivity index (χ4v) is 2.71. The lowest BCUT2D eigenvalue weighted by atomic mass is 10.3. The minimum absolute atomic E-state index is 0.123. The summed E-state index contributed by atoms with van der Waals surface area (Å²) < 4.78 is 6.42. The maximum Gasteiger partial charge on any atom is 0.341 e. The Labute approximate surface area is 125 Å². The van der Waals surface area contributed by atoms with Crippen molar-refractivity contribution in [3.8, 4) is 0 Å². The van der Waals surface area contributed by atoms with Gasteiger partial charge in [-0.2, -0.15) is 5.10 Å². The van der Waals surface area contributed by atoms with E-state index in [1.165, 1.54) is 16.0 Å². The number of nitrogens with two attached hydrogens (primary N) is 1.